The molecule has 0 amide bonds. The van der Waals surface area contributed by atoms with Crippen LogP contribution in [0.3, 0.4) is 0 Å². The van der Waals surface area contributed by atoms with Gasteiger partial charge >= 0.3 is 6.18 Å². The van der Waals surface area contributed by atoms with Gasteiger partial charge in [0, 0.05) is 6.42 Å². The monoisotopic (exact) mass is 248 g/mol. The van der Waals surface area contributed by atoms with Crippen LogP contribution in [0.5, 0.6) is 0 Å². The van der Waals surface area contributed by atoms with Crippen LogP contribution in [0.15, 0.2) is 18.2 Å². The van der Waals surface area contributed by atoms with Gasteiger partial charge in [0.25, 0.3) is 0 Å². The maximum absolute atomic E-state index is 13.4. The summed E-state index contributed by atoms with van der Waals surface area (Å²) >= 11 is 0. The van der Waals surface area contributed by atoms with Gasteiger partial charge in [-0.25, -0.2) is 4.39 Å². The molecule has 0 heterocycles. The van der Waals surface area contributed by atoms with E-state index in [4.69, 9.17) is 0 Å². The Balaban J connectivity index is 3.02. The molecule has 0 aliphatic carbocycles. The van der Waals surface area contributed by atoms with Gasteiger partial charge in [0.05, 0.1) is 11.1 Å². The first-order valence-corrected chi connectivity index (χ1v) is 5.11. The third kappa shape index (κ3) is 3.54. The Labute approximate surface area is 96.4 Å². The van der Waals surface area contributed by atoms with Crippen LogP contribution in [0.4, 0.5) is 17.6 Å². The first-order chi connectivity index (χ1) is 7.71. The maximum Gasteiger partial charge on any atom is 0.416 e. The molecule has 0 saturated carbocycles. The fraction of sp³-hybridized carbons (Fsp3) is 0.417. The molecule has 1 aromatic carbocycles. The molecule has 0 bridgehead atoms. The zero-order valence-electron chi connectivity index (χ0n) is 9.44. The normalized spacial score (nSPS) is 11.9. The Hall–Kier alpha value is -1.39. The topological polar surface area (TPSA) is 17.1 Å². The van der Waals surface area contributed by atoms with Crippen LogP contribution in [0.25, 0.3) is 0 Å². The molecule has 94 valence electrons. The number of halogens is 4. The molecule has 0 radical (unpaired) electrons. The number of carbonyl (C=O) groups excluding carboxylic acids is 1. The Bertz CT molecular complexity index is 421. The number of hydrogen-bond acceptors (Lipinski definition) is 1. The molecular weight excluding hydrogens is 236 g/mol. The van der Waals surface area contributed by atoms with Crippen molar-refractivity contribution in [2.75, 3.05) is 0 Å². The highest BCUT2D eigenvalue weighted by atomic mass is 19.4. The van der Waals surface area contributed by atoms with Crippen molar-refractivity contribution in [3.63, 3.8) is 0 Å². The lowest BCUT2D eigenvalue weighted by molar-refractivity contribution is -0.137. The molecule has 0 unspecified atom stereocenters. The number of ketones is 1. The van der Waals surface area contributed by atoms with E-state index >= 15 is 0 Å². The fourth-order valence-electron chi connectivity index (χ4n) is 1.40. The number of hydrogen-bond donors (Lipinski definition) is 0. The molecular formula is C12H12F4O. The van der Waals surface area contributed by atoms with Crippen molar-refractivity contribution in [2.24, 2.45) is 5.92 Å². The van der Waals surface area contributed by atoms with E-state index < -0.39 is 23.3 Å². The van der Waals surface area contributed by atoms with Crippen LogP contribution >= 0.6 is 0 Å². The molecule has 1 rings (SSSR count). The SMILES string of the molecule is CC(C)CC(=O)c1ccc(C(F)(F)F)cc1F. The van der Waals surface area contributed by atoms with Gasteiger partial charge in [-0.15, -0.1) is 0 Å². The standard InChI is InChI=1S/C12H12F4O/c1-7(2)5-11(17)9-4-3-8(6-10(9)13)12(14,15)16/h3-4,6-7H,5H2,1-2H3. The molecule has 0 N–H and O–H groups in total. The summed E-state index contributed by atoms with van der Waals surface area (Å²) in [5, 5.41) is 0. The Morgan fingerprint density at radius 3 is 2.29 bits per heavy atom. The molecule has 0 saturated heterocycles. The quantitative estimate of drug-likeness (QED) is 0.582. The van der Waals surface area contributed by atoms with Gasteiger partial charge in [-0.2, -0.15) is 13.2 Å². The number of carbonyl (C=O) groups is 1. The summed E-state index contributed by atoms with van der Waals surface area (Å²) < 4.78 is 50.1. The lowest BCUT2D eigenvalue weighted by Crippen LogP contribution is -2.10. The van der Waals surface area contributed by atoms with E-state index in [-0.39, 0.29) is 17.9 Å². The second-order valence-electron chi connectivity index (χ2n) is 4.21. The van der Waals surface area contributed by atoms with Crippen molar-refractivity contribution in [3.8, 4) is 0 Å². The third-order valence-electron chi connectivity index (χ3n) is 2.19. The van der Waals surface area contributed by atoms with Crippen LogP contribution < -0.4 is 0 Å². The largest absolute Gasteiger partial charge is 0.416 e. The number of Topliss-reactive ketones (excluding diaryl/α,β-unsaturated/α-hetero) is 1. The summed E-state index contributed by atoms with van der Waals surface area (Å²) in [5.74, 6) is -1.57. The zero-order chi connectivity index (χ0) is 13.2. The van der Waals surface area contributed by atoms with Gasteiger partial charge in [0.15, 0.2) is 5.78 Å². The summed E-state index contributed by atoms with van der Waals surface area (Å²) in [6, 6.07) is 1.97. The number of rotatable bonds is 3. The lowest BCUT2D eigenvalue weighted by atomic mass is 9.99. The minimum Gasteiger partial charge on any atom is -0.294 e. The molecule has 0 fully saturated rings. The second-order valence-corrected chi connectivity index (χ2v) is 4.21. The van der Waals surface area contributed by atoms with Crippen molar-refractivity contribution >= 4 is 5.78 Å². The van der Waals surface area contributed by atoms with E-state index in [1.54, 1.807) is 13.8 Å². The highest BCUT2D eigenvalue weighted by Gasteiger charge is 2.31. The number of benzene rings is 1. The summed E-state index contributed by atoms with van der Waals surface area (Å²) in [4.78, 5) is 11.5. The molecule has 1 aromatic rings. The van der Waals surface area contributed by atoms with Gasteiger partial charge in [-0.05, 0) is 24.1 Å². The van der Waals surface area contributed by atoms with Crippen molar-refractivity contribution in [1.29, 1.82) is 0 Å². The third-order valence-corrected chi connectivity index (χ3v) is 2.19. The Kier molecular flexibility index (Phi) is 3.91. The second kappa shape index (κ2) is 4.85. The van der Waals surface area contributed by atoms with Gasteiger partial charge in [-0.1, -0.05) is 13.8 Å². The van der Waals surface area contributed by atoms with Crippen LogP contribution in [0.1, 0.15) is 36.2 Å². The van der Waals surface area contributed by atoms with Crippen molar-refractivity contribution in [3.05, 3.63) is 35.1 Å². The highest BCUT2D eigenvalue weighted by molar-refractivity contribution is 5.96. The van der Waals surface area contributed by atoms with E-state index in [1.807, 2.05) is 0 Å². The molecule has 17 heavy (non-hydrogen) atoms. The molecule has 0 aliphatic rings. The molecule has 5 heteroatoms. The van der Waals surface area contributed by atoms with E-state index in [2.05, 4.69) is 0 Å². The van der Waals surface area contributed by atoms with Crippen molar-refractivity contribution < 1.29 is 22.4 Å². The van der Waals surface area contributed by atoms with Crippen LogP contribution in [-0.2, 0) is 6.18 Å². The van der Waals surface area contributed by atoms with Crippen LogP contribution in [0, 0.1) is 11.7 Å². The highest BCUT2D eigenvalue weighted by Crippen LogP contribution is 2.30. The maximum atomic E-state index is 13.4. The summed E-state index contributed by atoms with van der Waals surface area (Å²) in [5.41, 5.74) is -1.37. The predicted octanol–water partition coefficient (Wildman–Crippen LogP) is 4.07. The van der Waals surface area contributed by atoms with Gasteiger partial charge in [0.2, 0.25) is 0 Å². The minimum atomic E-state index is -4.60. The average Bonchev–Trinajstić information content (AvgIpc) is 2.14. The minimum absolute atomic E-state index is 0.0317. The zero-order valence-corrected chi connectivity index (χ0v) is 9.44. The van der Waals surface area contributed by atoms with Crippen LogP contribution in [-0.4, -0.2) is 5.78 Å². The van der Waals surface area contributed by atoms with Crippen molar-refractivity contribution in [1.82, 2.24) is 0 Å². The molecule has 1 nitrogen and oxygen atoms in total. The summed E-state index contributed by atoms with van der Waals surface area (Å²) in [6.07, 6.45) is -4.48. The Morgan fingerprint density at radius 1 is 1.29 bits per heavy atom. The van der Waals surface area contributed by atoms with E-state index in [0.29, 0.717) is 6.07 Å². The van der Waals surface area contributed by atoms with Gasteiger partial charge in [0.1, 0.15) is 5.82 Å². The predicted molar refractivity (Wildman–Crippen MR) is 55.2 cm³/mol. The fourth-order valence-corrected chi connectivity index (χ4v) is 1.40. The molecule has 0 aromatic heterocycles. The summed E-state index contributed by atoms with van der Waals surface area (Å²) in [7, 11) is 0. The summed E-state index contributed by atoms with van der Waals surface area (Å²) in [6.45, 7) is 3.56. The lowest BCUT2D eigenvalue weighted by Gasteiger charge is -2.09. The van der Waals surface area contributed by atoms with Gasteiger partial charge < -0.3 is 0 Å². The van der Waals surface area contributed by atoms with Gasteiger partial charge in [-0.3, -0.25) is 4.79 Å². The smallest absolute Gasteiger partial charge is 0.294 e. The first-order valence-electron chi connectivity index (χ1n) is 5.11. The van der Waals surface area contributed by atoms with Crippen molar-refractivity contribution in [2.45, 2.75) is 26.4 Å². The van der Waals surface area contributed by atoms with E-state index in [9.17, 15) is 22.4 Å². The Morgan fingerprint density at radius 2 is 1.88 bits per heavy atom. The number of alkyl halides is 3. The van der Waals surface area contributed by atoms with Crippen LogP contribution in [0.2, 0.25) is 0 Å². The molecule has 0 atom stereocenters. The molecule has 0 aliphatic heterocycles. The molecule has 0 spiro atoms. The average molecular weight is 248 g/mol. The van der Waals surface area contributed by atoms with E-state index in [1.165, 1.54) is 0 Å². The van der Waals surface area contributed by atoms with E-state index in [0.717, 1.165) is 12.1 Å². The first kappa shape index (κ1) is 13.7.